The van der Waals surface area contributed by atoms with Crippen LogP contribution in [0.3, 0.4) is 0 Å². The molecule has 2 nitrogen and oxygen atoms in total. The molecule has 0 fully saturated rings. The first-order valence-corrected chi connectivity index (χ1v) is 4.69. The third-order valence-electron chi connectivity index (χ3n) is 1.90. The molecule has 1 aromatic rings. The van der Waals surface area contributed by atoms with Crippen LogP contribution in [0.25, 0.3) is 6.08 Å². The Bertz CT molecular complexity index is 305. The summed E-state index contributed by atoms with van der Waals surface area (Å²) in [5.74, 6) is 0.768. The molecule has 0 aromatic heterocycles. The maximum absolute atomic E-state index is 8.97. The van der Waals surface area contributed by atoms with Crippen molar-refractivity contribution < 1.29 is 9.84 Å². The molecule has 0 spiro atoms. The Kier molecular flexibility index (Phi) is 4.20. The molecule has 14 heavy (non-hydrogen) atoms. The lowest BCUT2D eigenvalue weighted by molar-refractivity contribution is 0.316. The molecular formula is C12H15O2. The molecule has 0 aliphatic carbocycles. The van der Waals surface area contributed by atoms with Gasteiger partial charge in [-0.1, -0.05) is 31.7 Å². The number of rotatable bonds is 5. The Morgan fingerprint density at radius 3 is 2.86 bits per heavy atom. The lowest BCUT2D eigenvalue weighted by Crippen LogP contribution is -1.98. The molecule has 1 N–H and O–H groups in total. The van der Waals surface area contributed by atoms with Crippen LogP contribution < -0.4 is 4.74 Å². The third-order valence-corrected chi connectivity index (χ3v) is 1.90. The minimum absolute atomic E-state index is 0.676. The number of hydrogen-bond acceptors (Lipinski definition) is 2. The van der Waals surface area contributed by atoms with Crippen molar-refractivity contribution in [2.75, 3.05) is 6.61 Å². The van der Waals surface area contributed by atoms with Crippen molar-refractivity contribution in [2.45, 2.75) is 13.3 Å². The number of ether oxygens (including phenoxy) is 1. The van der Waals surface area contributed by atoms with Crippen molar-refractivity contribution >= 4 is 6.08 Å². The zero-order chi connectivity index (χ0) is 10.4. The summed E-state index contributed by atoms with van der Waals surface area (Å²) in [7, 11) is 0. The van der Waals surface area contributed by atoms with Gasteiger partial charge in [0.2, 0.25) is 0 Å². The van der Waals surface area contributed by atoms with Gasteiger partial charge in [0.1, 0.15) is 12.4 Å². The second kappa shape index (κ2) is 5.45. The molecule has 0 heterocycles. The molecule has 0 atom stereocenters. The minimum Gasteiger partial charge on any atom is -0.493 e. The number of aliphatic hydroxyl groups excluding tert-OH is 1. The molecule has 0 aliphatic heterocycles. The largest absolute Gasteiger partial charge is 0.493 e. The quantitative estimate of drug-likeness (QED) is 0.775. The van der Waals surface area contributed by atoms with E-state index in [9.17, 15) is 0 Å². The van der Waals surface area contributed by atoms with E-state index in [1.165, 1.54) is 0 Å². The summed E-state index contributed by atoms with van der Waals surface area (Å²) < 4.78 is 5.52. The van der Waals surface area contributed by atoms with Crippen LogP contribution in [-0.2, 0) is 0 Å². The van der Waals surface area contributed by atoms with E-state index in [0.29, 0.717) is 6.61 Å². The summed E-state index contributed by atoms with van der Waals surface area (Å²) in [5, 5.41) is 8.97. The van der Waals surface area contributed by atoms with E-state index in [2.05, 4.69) is 13.5 Å². The maximum atomic E-state index is 8.97. The summed E-state index contributed by atoms with van der Waals surface area (Å²) in [5.41, 5.74) is 1.57. The highest BCUT2D eigenvalue weighted by atomic mass is 16.5. The van der Waals surface area contributed by atoms with Gasteiger partial charge in [0.25, 0.3) is 0 Å². The monoisotopic (exact) mass is 191 g/mol. The van der Waals surface area contributed by atoms with Gasteiger partial charge in [0, 0.05) is 5.56 Å². The molecule has 0 saturated heterocycles. The smallest absolute Gasteiger partial charge is 0.126 e. The average Bonchev–Trinajstić information content (AvgIpc) is 2.25. The molecule has 75 valence electrons. The summed E-state index contributed by atoms with van der Waals surface area (Å²) >= 11 is 0. The van der Waals surface area contributed by atoms with E-state index in [1.54, 1.807) is 6.08 Å². The Hall–Kier alpha value is -1.28. The van der Waals surface area contributed by atoms with Crippen LogP contribution >= 0.6 is 0 Å². The van der Waals surface area contributed by atoms with Gasteiger partial charge in [-0.2, -0.15) is 0 Å². The first-order valence-electron chi connectivity index (χ1n) is 4.69. The predicted molar refractivity (Wildman–Crippen MR) is 57.7 cm³/mol. The van der Waals surface area contributed by atoms with Crippen LogP contribution in [0, 0.1) is 6.61 Å². The van der Waals surface area contributed by atoms with E-state index in [4.69, 9.17) is 9.84 Å². The Morgan fingerprint density at radius 1 is 1.50 bits per heavy atom. The van der Waals surface area contributed by atoms with Crippen molar-refractivity contribution in [3.05, 3.63) is 42.5 Å². The van der Waals surface area contributed by atoms with Crippen molar-refractivity contribution in [2.24, 2.45) is 0 Å². The fraction of sp³-hybridized carbons (Fsp3) is 0.250. The number of aliphatic hydroxyl groups is 1. The van der Waals surface area contributed by atoms with Crippen LogP contribution in [0.5, 0.6) is 5.75 Å². The first kappa shape index (κ1) is 10.8. The molecule has 1 radical (unpaired) electrons. The van der Waals surface area contributed by atoms with Crippen LogP contribution in [-0.4, -0.2) is 11.7 Å². The fourth-order valence-electron chi connectivity index (χ4n) is 1.23. The van der Waals surface area contributed by atoms with Gasteiger partial charge in [-0.05, 0) is 18.1 Å². The van der Waals surface area contributed by atoms with E-state index < -0.39 is 0 Å². The highest BCUT2D eigenvalue weighted by molar-refractivity contribution is 5.61. The Morgan fingerprint density at radius 2 is 2.29 bits per heavy atom. The highest BCUT2D eigenvalue weighted by Gasteiger charge is 2.05. The van der Waals surface area contributed by atoms with E-state index in [-0.39, 0.29) is 0 Å². The Balaban J connectivity index is 2.96. The summed E-state index contributed by atoms with van der Waals surface area (Å²) in [4.78, 5) is 0. The standard InChI is InChI=1S/C12H15O2/c1-3-8-14-12-7-5-6-10(9-13)11(12)4-2/h4-7,9,13H,2-3,8H2,1H3. The molecular weight excluding hydrogens is 176 g/mol. The molecule has 0 amide bonds. The number of benzene rings is 1. The van der Waals surface area contributed by atoms with Gasteiger partial charge in [-0.25, -0.2) is 0 Å². The van der Waals surface area contributed by atoms with E-state index in [0.717, 1.165) is 29.9 Å². The lowest BCUT2D eigenvalue weighted by Gasteiger charge is -2.10. The summed E-state index contributed by atoms with van der Waals surface area (Å²) in [6, 6.07) is 5.54. The van der Waals surface area contributed by atoms with E-state index in [1.807, 2.05) is 18.2 Å². The first-order chi connectivity index (χ1) is 6.83. The summed E-state index contributed by atoms with van der Waals surface area (Å²) in [6.45, 7) is 7.49. The number of hydrogen-bond donors (Lipinski definition) is 1. The van der Waals surface area contributed by atoms with Crippen LogP contribution in [0.15, 0.2) is 24.8 Å². The maximum Gasteiger partial charge on any atom is 0.126 e. The third kappa shape index (κ3) is 2.36. The minimum atomic E-state index is 0.676. The Labute approximate surface area is 84.8 Å². The second-order valence-corrected chi connectivity index (χ2v) is 2.94. The molecule has 1 aromatic carbocycles. The van der Waals surface area contributed by atoms with Gasteiger partial charge >= 0.3 is 0 Å². The van der Waals surface area contributed by atoms with Crippen molar-refractivity contribution in [1.82, 2.24) is 0 Å². The molecule has 0 aliphatic rings. The van der Waals surface area contributed by atoms with E-state index >= 15 is 0 Å². The average molecular weight is 191 g/mol. The van der Waals surface area contributed by atoms with Crippen molar-refractivity contribution in [3.63, 3.8) is 0 Å². The topological polar surface area (TPSA) is 29.5 Å². The molecule has 1 rings (SSSR count). The molecule has 2 heteroatoms. The second-order valence-electron chi connectivity index (χ2n) is 2.94. The molecule has 0 unspecified atom stereocenters. The van der Waals surface area contributed by atoms with Crippen molar-refractivity contribution in [3.8, 4) is 5.75 Å². The zero-order valence-electron chi connectivity index (χ0n) is 8.36. The van der Waals surface area contributed by atoms with Gasteiger partial charge in [0.15, 0.2) is 0 Å². The van der Waals surface area contributed by atoms with Gasteiger partial charge in [-0.15, -0.1) is 0 Å². The van der Waals surface area contributed by atoms with Crippen LogP contribution in [0.4, 0.5) is 0 Å². The predicted octanol–water partition coefficient (Wildman–Crippen LogP) is 3.00. The summed E-state index contributed by atoms with van der Waals surface area (Å²) in [6.07, 6.45) is 2.65. The van der Waals surface area contributed by atoms with Crippen molar-refractivity contribution in [1.29, 1.82) is 0 Å². The molecule has 0 saturated carbocycles. The normalized spacial score (nSPS) is 9.86. The zero-order valence-corrected chi connectivity index (χ0v) is 8.36. The van der Waals surface area contributed by atoms with Crippen LogP contribution in [0.2, 0.25) is 0 Å². The fourth-order valence-corrected chi connectivity index (χ4v) is 1.23. The lowest BCUT2D eigenvalue weighted by atomic mass is 10.1. The molecule has 0 bridgehead atoms. The van der Waals surface area contributed by atoms with Gasteiger partial charge in [-0.3, -0.25) is 0 Å². The van der Waals surface area contributed by atoms with Gasteiger partial charge < -0.3 is 9.84 Å². The van der Waals surface area contributed by atoms with Gasteiger partial charge in [0.05, 0.1) is 6.61 Å². The highest BCUT2D eigenvalue weighted by Crippen LogP contribution is 2.24. The SMILES string of the molecule is C=Cc1c([CH]O)cccc1OCCC. The van der Waals surface area contributed by atoms with Crippen LogP contribution in [0.1, 0.15) is 24.5 Å².